The van der Waals surface area contributed by atoms with E-state index in [4.69, 9.17) is 21.1 Å². The quantitative estimate of drug-likeness (QED) is 0.549. The lowest BCUT2D eigenvalue weighted by molar-refractivity contribution is -0.140. The third-order valence-electron chi connectivity index (χ3n) is 4.53. The number of aromatic nitrogens is 4. The van der Waals surface area contributed by atoms with Crippen molar-refractivity contribution in [3.8, 4) is 17.3 Å². The number of hydrogen-bond donors (Lipinski definition) is 0. The van der Waals surface area contributed by atoms with Gasteiger partial charge in [0.05, 0.1) is 18.8 Å². The Morgan fingerprint density at radius 1 is 1.20 bits per heavy atom. The maximum absolute atomic E-state index is 12.9. The minimum absolute atomic E-state index is 0.0684. The van der Waals surface area contributed by atoms with Crippen LogP contribution in [0.4, 0.5) is 13.2 Å². The van der Waals surface area contributed by atoms with Crippen LogP contribution < -0.4 is 4.74 Å². The molecule has 3 aromatic rings. The van der Waals surface area contributed by atoms with Gasteiger partial charge in [-0.05, 0) is 22.7 Å². The van der Waals surface area contributed by atoms with E-state index in [2.05, 4.69) is 15.0 Å². The summed E-state index contributed by atoms with van der Waals surface area (Å²) in [4.78, 5) is 11.8. The first-order valence-corrected chi connectivity index (χ1v) is 9.31. The summed E-state index contributed by atoms with van der Waals surface area (Å²) >= 11 is 5.90. The van der Waals surface area contributed by atoms with E-state index in [-0.39, 0.29) is 17.7 Å². The number of benzene rings is 1. The summed E-state index contributed by atoms with van der Waals surface area (Å²) in [6.07, 6.45) is -0.00182. The van der Waals surface area contributed by atoms with Gasteiger partial charge in [0.15, 0.2) is 5.69 Å². The van der Waals surface area contributed by atoms with Crippen molar-refractivity contribution in [2.75, 3.05) is 13.2 Å². The second kappa shape index (κ2) is 8.08. The molecule has 0 fully saturated rings. The molecule has 0 aliphatic carbocycles. The van der Waals surface area contributed by atoms with Gasteiger partial charge in [0.25, 0.3) is 0 Å². The molecule has 3 heterocycles. The van der Waals surface area contributed by atoms with Crippen molar-refractivity contribution in [2.45, 2.75) is 12.8 Å². The minimum Gasteiger partial charge on any atom is -0.472 e. The highest BCUT2D eigenvalue weighted by atomic mass is 35.5. The Hall–Kier alpha value is -2.91. The highest BCUT2D eigenvalue weighted by molar-refractivity contribution is 6.28. The molecule has 1 aromatic carbocycles. The van der Waals surface area contributed by atoms with Crippen molar-refractivity contribution >= 4 is 17.2 Å². The van der Waals surface area contributed by atoms with Gasteiger partial charge in [0.1, 0.15) is 12.4 Å². The van der Waals surface area contributed by atoms with Crippen LogP contribution in [0.5, 0.6) is 5.88 Å². The number of aryl methyl sites for hydroxylation is 1. The molecule has 0 radical (unpaired) electrons. The monoisotopic (exact) mass is 436 g/mol. The average Bonchev–Trinajstić information content (AvgIpc) is 3.36. The molecule has 0 amide bonds. The van der Waals surface area contributed by atoms with Crippen LogP contribution >= 0.6 is 11.6 Å². The fraction of sp³-hybridized carbons (Fsp3) is 0.250. The van der Waals surface area contributed by atoms with Gasteiger partial charge in [-0.15, -0.1) is 0 Å². The summed E-state index contributed by atoms with van der Waals surface area (Å²) in [6.45, 7) is 1.16. The van der Waals surface area contributed by atoms with E-state index < -0.39 is 11.9 Å². The molecular formula is C20H16ClF3N4O2. The Kier molecular flexibility index (Phi) is 5.48. The fourth-order valence-corrected chi connectivity index (χ4v) is 3.15. The summed E-state index contributed by atoms with van der Waals surface area (Å²) in [5.74, 6) is 0.572. The second-order valence-electron chi connectivity index (χ2n) is 6.65. The number of nitrogens with zero attached hydrogens (tertiary/aromatic N) is 4. The SMILES string of the molecule is Cn1cc(C(F)(F)F)nc1-c1ccc(COc2nc(Cl)ncc2C2=CCOC2)cc1. The first-order valence-electron chi connectivity index (χ1n) is 8.93. The third kappa shape index (κ3) is 4.31. The molecule has 0 unspecified atom stereocenters. The van der Waals surface area contributed by atoms with Crippen LogP contribution in [-0.4, -0.2) is 32.7 Å². The molecule has 0 saturated heterocycles. The predicted molar refractivity (Wildman–Crippen MR) is 104 cm³/mol. The van der Waals surface area contributed by atoms with Gasteiger partial charge in [-0.2, -0.15) is 18.2 Å². The van der Waals surface area contributed by atoms with Crippen LogP contribution in [0.1, 0.15) is 16.8 Å². The molecule has 0 spiro atoms. The van der Waals surface area contributed by atoms with Crippen LogP contribution in [0.15, 0.2) is 42.7 Å². The summed E-state index contributed by atoms with van der Waals surface area (Å²) < 4.78 is 51.1. The lowest BCUT2D eigenvalue weighted by atomic mass is 10.1. The summed E-state index contributed by atoms with van der Waals surface area (Å²) in [6, 6.07) is 6.92. The zero-order chi connectivity index (χ0) is 21.3. The van der Waals surface area contributed by atoms with Crippen LogP contribution in [-0.2, 0) is 24.6 Å². The van der Waals surface area contributed by atoms with Crippen molar-refractivity contribution in [3.05, 3.63) is 64.8 Å². The number of rotatable bonds is 5. The van der Waals surface area contributed by atoms with Gasteiger partial charge in [0.2, 0.25) is 11.2 Å². The molecule has 0 saturated carbocycles. The molecule has 4 rings (SSSR count). The molecule has 156 valence electrons. The Labute approximate surface area is 175 Å². The maximum Gasteiger partial charge on any atom is 0.434 e. The lowest BCUT2D eigenvalue weighted by Gasteiger charge is -2.11. The van der Waals surface area contributed by atoms with E-state index in [1.807, 2.05) is 6.08 Å². The van der Waals surface area contributed by atoms with Crippen molar-refractivity contribution in [3.63, 3.8) is 0 Å². The average molecular weight is 437 g/mol. The second-order valence-corrected chi connectivity index (χ2v) is 6.98. The van der Waals surface area contributed by atoms with Crippen molar-refractivity contribution in [1.82, 2.24) is 19.5 Å². The van der Waals surface area contributed by atoms with Crippen molar-refractivity contribution in [1.29, 1.82) is 0 Å². The van der Waals surface area contributed by atoms with E-state index in [0.29, 0.717) is 30.2 Å². The Morgan fingerprint density at radius 3 is 2.60 bits per heavy atom. The van der Waals surface area contributed by atoms with Crippen molar-refractivity contribution in [2.24, 2.45) is 7.05 Å². The Bertz CT molecular complexity index is 1090. The first kappa shape index (κ1) is 20.4. The summed E-state index contributed by atoms with van der Waals surface area (Å²) in [7, 11) is 1.52. The van der Waals surface area contributed by atoms with E-state index >= 15 is 0 Å². The molecule has 0 bridgehead atoms. The Balaban J connectivity index is 1.50. The van der Waals surface area contributed by atoms with Gasteiger partial charge in [-0.25, -0.2) is 9.97 Å². The smallest absolute Gasteiger partial charge is 0.434 e. The van der Waals surface area contributed by atoms with Gasteiger partial charge >= 0.3 is 6.18 Å². The first-order chi connectivity index (χ1) is 14.3. The summed E-state index contributed by atoms with van der Waals surface area (Å²) in [5, 5.41) is 0.0684. The van der Waals surface area contributed by atoms with Crippen LogP contribution in [0.2, 0.25) is 5.28 Å². The number of hydrogen-bond acceptors (Lipinski definition) is 5. The lowest BCUT2D eigenvalue weighted by Crippen LogP contribution is -2.04. The highest BCUT2D eigenvalue weighted by Gasteiger charge is 2.34. The molecule has 6 nitrogen and oxygen atoms in total. The molecule has 2 aromatic heterocycles. The van der Waals surface area contributed by atoms with Crippen LogP contribution in [0.25, 0.3) is 17.0 Å². The molecule has 30 heavy (non-hydrogen) atoms. The highest BCUT2D eigenvalue weighted by Crippen LogP contribution is 2.31. The normalized spacial score (nSPS) is 14.1. The molecule has 10 heteroatoms. The third-order valence-corrected chi connectivity index (χ3v) is 4.71. The topological polar surface area (TPSA) is 62.1 Å². The molecular weight excluding hydrogens is 421 g/mol. The number of alkyl halides is 3. The standard InChI is InChI=1S/C20H16ClF3N4O2/c1-28-9-16(20(22,23)24)26-17(28)13-4-2-12(3-5-13)10-30-18-15(8-25-19(21)27-18)14-6-7-29-11-14/h2-6,8-9H,7,10-11H2,1H3. The number of imidazole rings is 1. The molecule has 1 aliphatic rings. The van der Waals surface area contributed by atoms with Crippen LogP contribution in [0, 0.1) is 0 Å². The number of halogens is 4. The number of ether oxygens (including phenoxy) is 2. The maximum atomic E-state index is 12.9. The van der Waals surface area contributed by atoms with E-state index in [1.54, 1.807) is 30.5 Å². The van der Waals surface area contributed by atoms with E-state index in [1.165, 1.54) is 11.6 Å². The van der Waals surface area contributed by atoms with Gasteiger partial charge in [-0.1, -0.05) is 30.3 Å². The predicted octanol–water partition coefficient (Wildman–Crippen LogP) is 4.54. The Morgan fingerprint density at radius 2 is 1.97 bits per heavy atom. The van der Waals surface area contributed by atoms with Crippen molar-refractivity contribution < 1.29 is 22.6 Å². The van der Waals surface area contributed by atoms with Gasteiger partial charge in [0, 0.05) is 25.0 Å². The molecule has 0 atom stereocenters. The molecule has 0 N–H and O–H groups in total. The van der Waals surface area contributed by atoms with Gasteiger partial charge in [-0.3, -0.25) is 0 Å². The largest absolute Gasteiger partial charge is 0.472 e. The van der Waals surface area contributed by atoms with Gasteiger partial charge < -0.3 is 14.0 Å². The zero-order valence-corrected chi connectivity index (χ0v) is 16.5. The minimum atomic E-state index is -4.49. The zero-order valence-electron chi connectivity index (χ0n) is 15.8. The summed E-state index contributed by atoms with van der Waals surface area (Å²) in [5.41, 5.74) is 2.08. The fourth-order valence-electron chi connectivity index (χ4n) is 3.02. The van der Waals surface area contributed by atoms with E-state index in [9.17, 15) is 13.2 Å². The molecule has 1 aliphatic heterocycles. The van der Waals surface area contributed by atoms with E-state index in [0.717, 1.165) is 17.3 Å². The van der Waals surface area contributed by atoms with Crippen LogP contribution in [0.3, 0.4) is 0 Å².